The van der Waals surface area contributed by atoms with E-state index in [2.05, 4.69) is 44.7 Å². The maximum Gasteiger partial charge on any atom is 0.184 e. The van der Waals surface area contributed by atoms with Crippen molar-refractivity contribution in [2.45, 2.75) is 43.0 Å². The molecule has 4 aromatic rings. The number of hydrogen-bond donors (Lipinski definition) is 0. The van der Waals surface area contributed by atoms with E-state index < -0.39 is 19.7 Å². The number of benzene rings is 2. The number of thiophene rings is 2. The van der Waals surface area contributed by atoms with Crippen molar-refractivity contribution < 1.29 is 26.3 Å². The lowest BCUT2D eigenvalue weighted by Crippen LogP contribution is -2.36. The van der Waals surface area contributed by atoms with E-state index >= 15 is 0 Å². The van der Waals surface area contributed by atoms with Gasteiger partial charge in [-0.25, -0.2) is 16.8 Å². The molecule has 2 aromatic carbocycles. The molecule has 11 heteroatoms. The number of ether oxygens (including phenoxy) is 2. The highest BCUT2D eigenvalue weighted by atomic mass is 32.2. The molecule has 1 aliphatic heterocycles. The molecule has 0 saturated carbocycles. The van der Waals surface area contributed by atoms with Crippen LogP contribution in [0.25, 0.3) is 20.9 Å². The van der Waals surface area contributed by atoms with Crippen molar-refractivity contribution in [3.63, 3.8) is 0 Å². The van der Waals surface area contributed by atoms with Crippen LogP contribution >= 0.6 is 22.7 Å². The molecule has 0 aliphatic carbocycles. The molecule has 0 bridgehead atoms. The van der Waals surface area contributed by atoms with Crippen LogP contribution < -0.4 is 9.64 Å². The van der Waals surface area contributed by atoms with Crippen molar-refractivity contribution in [1.82, 2.24) is 0 Å². The van der Waals surface area contributed by atoms with E-state index in [0.29, 0.717) is 20.4 Å². The third-order valence-corrected chi connectivity index (χ3v) is 11.8. The molecule has 1 aliphatic rings. The first-order valence-electron chi connectivity index (χ1n) is 14.3. The lowest BCUT2D eigenvalue weighted by molar-refractivity contribution is 0.122. The van der Waals surface area contributed by atoms with E-state index in [1.54, 1.807) is 12.1 Å². The molecule has 3 heterocycles. The molecule has 1 saturated heterocycles. The first-order chi connectivity index (χ1) is 20.5. The summed E-state index contributed by atoms with van der Waals surface area (Å²) in [5, 5.41) is 0. The highest BCUT2D eigenvalue weighted by molar-refractivity contribution is 7.93. The van der Waals surface area contributed by atoms with Crippen LogP contribution in [0.15, 0.2) is 81.2 Å². The highest BCUT2D eigenvalue weighted by Gasteiger charge is 2.14. The van der Waals surface area contributed by atoms with Gasteiger partial charge in [-0.1, -0.05) is 39.8 Å². The Hall–Kier alpha value is -2.70. The summed E-state index contributed by atoms with van der Waals surface area (Å²) in [6.45, 7) is 14.7. The third kappa shape index (κ3) is 11.7. The minimum absolute atomic E-state index is 0.395. The van der Waals surface area contributed by atoms with Gasteiger partial charge >= 0.3 is 0 Å². The molecular weight excluding hydrogens is 635 g/mol. The van der Waals surface area contributed by atoms with Crippen LogP contribution in [0.5, 0.6) is 5.75 Å². The fraction of sp³-hybridized carbons (Fsp3) is 0.394. The zero-order chi connectivity index (χ0) is 32.5. The zero-order valence-electron chi connectivity index (χ0n) is 26.5. The Morgan fingerprint density at radius 3 is 1.48 bits per heavy atom. The Balaban J connectivity index is 0.000000211. The Labute approximate surface area is 271 Å². The summed E-state index contributed by atoms with van der Waals surface area (Å²) in [7, 11) is -6.23. The van der Waals surface area contributed by atoms with E-state index in [0.717, 1.165) is 52.9 Å². The van der Waals surface area contributed by atoms with Gasteiger partial charge in [-0.15, -0.1) is 22.7 Å². The van der Waals surface area contributed by atoms with Crippen LogP contribution in [0.1, 0.15) is 34.6 Å². The highest BCUT2D eigenvalue weighted by Crippen LogP contribution is 2.33. The molecule has 0 unspecified atom stereocenters. The number of anilines is 1. The van der Waals surface area contributed by atoms with Gasteiger partial charge in [-0.3, -0.25) is 0 Å². The first-order valence-corrected chi connectivity index (χ1v) is 19.7. The fourth-order valence-electron chi connectivity index (χ4n) is 3.89. The maximum absolute atomic E-state index is 11.5. The molecule has 0 atom stereocenters. The average Bonchev–Trinajstić information content (AvgIpc) is 3.65. The van der Waals surface area contributed by atoms with E-state index in [-0.39, 0.29) is 0 Å². The Bertz CT molecular complexity index is 1670. The fourth-order valence-corrected chi connectivity index (χ4v) is 7.76. The van der Waals surface area contributed by atoms with Crippen LogP contribution in [0, 0.1) is 5.41 Å². The number of hydrogen-bond acceptors (Lipinski definition) is 9. The third-order valence-electron chi connectivity index (χ3n) is 5.87. The normalized spacial score (nSPS) is 13.8. The van der Waals surface area contributed by atoms with Crippen LogP contribution in [-0.4, -0.2) is 62.3 Å². The quantitative estimate of drug-likeness (QED) is 0.196. The van der Waals surface area contributed by atoms with Gasteiger partial charge in [0.25, 0.3) is 0 Å². The zero-order valence-corrected chi connectivity index (χ0v) is 29.8. The average molecular weight is 678 g/mol. The second-order valence-corrected chi connectivity index (χ2v) is 18.5. The van der Waals surface area contributed by atoms with Gasteiger partial charge in [0.05, 0.1) is 19.8 Å². The molecule has 7 nitrogen and oxygen atoms in total. The summed E-state index contributed by atoms with van der Waals surface area (Å²) in [6, 6.07) is 22.9. The summed E-state index contributed by atoms with van der Waals surface area (Å²) >= 11 is 2.60. The van der Waals surface area contributed by atoms with E-state index in [1.165, 1.54) is 40.9 Å². The SMILES string of the molecule is CC(C)(C)C.CCOc1ccc(-c2ccc(S(C)(=O)=O)s2)cc1.CS(=O)(=O)c1ccc(-c2ccc(N3CCOCC3)cc2)s1. The minimum Gasteiger partial charge on any atom is -0.494 e. The minimum atomic E-state index is -3.12. The van der Waals surface area contributed by atoms with E-state index in [1.807, 2.05) is 55.5 Å². The number of rotatable bonds is 7. The molecule has 240 valence electrons. The molecule has 1 fully saturated rings. The van der Waals surface area contributed by atoms with Crippen LogP contribution in [0.3, 0.4) is 0 Å². The van der Waals surface area contributed by atoms with Crippen LogP contribution in [0.2, 0.25) is 0 Å². The van der Waals surface area contributed by atoms with E-state index in [4.69, 9.17) is 9.47 Å². The summed E-state index contributed by atoms with van der Waals surface area (Å²) in [6.07, 6.45) is 2.46. The Morgan fingerprint density at radius 1 is 0.705 bits per heavy atom. The second kappa shape index (κ2) is 15.5. The summed E-state index contributed by atoms with van der Waals surface area (Å²) < 4.78 is 57.4. The van der Waals surface area contributed by atoms with Gasteiger partial charge in [0.1, 0.15) is 14.2 Å². The van der Waals surface area contributed by atoms with Crippen molar-refractivity contribution in [2.24, 2.45) is 5.41 Å². The molecular formula is C33H43NO6S4. The van der Waals surface area contributed by atoms with Gasteiger partial charge in [0, 0.05) is 41.0 Å². The van der Waals surface area contributed by atoms with Gasteiger partial charge < -0.3 is 14.4 Å². The van der Waals surface area contributed by atoms with Gasteiger partial charge in [0.2, 0.25) is 0 Å². The lowest BCUT2D eigenvalue weighted by atomic mass is 10.0. The molecule has 0 radical (unpaired) electrons. The Morgan fingerprint density at radius 2 is 1.11 bits per heavy atom. The summed E-state index contributed by atoms with van der Waals surface area (Å²) in [4.78, 5) is 4.21. The molecule has 0 spiro atoms. The predicted octanol–water partition coefficient (Wildman–Crippen LogP) is 7.92. The van der Waals surface area contributed by atoms with Gasteiger partial charge in [-0.2, -0.15) is 0 Å². The topological polar surface area (TPSA) is 90.0 Å². The van der Waals surface area contributed by atoms with Crippen molar-refractivity contribution >= 4 is 48.0 Å². The smallest absolute Gasteiger partial charge is 0.184 e. The number of nitrogens with zero attached hydrogens (tertiary/aromatic N) is 1. The first kappa shape index (κ1) is 35.8. The molecule has 2 aromatic heterocycles. The van der Waals surface area contributed by atoms with Crippen LogP contribution in [-0.2, 0) is 24.4 Å². The van der Waals surface area contributed by atoms with Gasteiger partial charge in [0.15, 0.2) is 19.7 Å². The van der Waals surface area contributed by atoms with Gasteiger partial charge in [-0.05, 0) is 84.1 Å². The Kier molecular flexibility index (Phi) is 12.6. The standard InChI is InChI=1S/C15H17NO3S2.C13H14O3S2.C5H12/c1-21(17,18)15-7-6-14(20-15)12-2-4-13(5-3-12)16-8-10-19-11-9-16;1-3-16-11-6-4-10(5-7-11)12-8-9-13(17-12)18(2,14)15;1-5(2,3)4/h2-7H,8-11H2,1H3;4-9H,3H2,1-2H3;1-4H3. The van der Waals surface area contributed by atoms with Crippen molar-refractivity contribution in [1.29, 1.82) is 0 Å². The number of morpholine rings is 1. The molecule has 44 heavy (non-hydrogen) atoms. The van der Waals surface area contributed by atoms with Crippen molar-refractivity contribution in [2.75, 3.05) is 50.3 Å². The monoisotopic (exact) mass is 677 g/mol. The van der Waals surface area contributed by atoms with Crippen molar-refractivity contribution in [3.05, 3.63) is 72.8 Å². The summed E-state index contributed by atoms with van der Waals surface area (Å²) in [5.74, 6) is 0.821. The second-order valence-electron chi connectivity index (χ2n) is 11.9. The maximum atomic E-state index is 11.5. The largest absolute Gasteiger partial charge is 0.494 e. The summed E-state index contributed by atoms with van der Waals surface area (Å²) in [5.41, 5.74) is 3.73. The van der Waals surface area contributed by atoms with Crippen LogP contribution in [0.4, 0.5) is 5.69 Å². The molecule has 5 rings (SSSR count). The lowest BCUT2D eigenvalue weighted by Gasteiger charge is -2.28. The predicted molar refractivity (Wildman–Crippen MR) is 185 cm³/mol. The van der Waals surface area contributed by atoms with E-state index in [9.17, 15) is 16.8 Å². The van der Waals surface area contributed by atoms with Crippen molar-refractivity contribution in [3.8, 4) is 26.6 Å². The number of sulfone groups is 2. The molecule has 0 amide bonds. The molecule has 0 N–H and O–H groups in total.